The van der Waals surface area contributed by atoms with Crippen molar-refractivity contribution in [2.24, 2.45) is 0 Å². The van der Waals surface area contributed by atoms with Gasteiger partial charge in [-0.3, -0.25) is 9.59 Å². The molecule has 1 saturated heterocycles. The van der Waals surface area contributed by atoms with Gasteiger partial charge in [0.15, 0.2) is 0 Å². The van der Waals surface area contributed by atoms with Crippen molar-refractivity contribution in [2.45, 2.75) is 37.1 Å². The number of hydrogen-bond donors (Lipinski definition) is 1. The van der Waals surface area contributed by atoms with Crippen molar-refractivity contribution >= 4 is 21.8 Å². The first-order valence-corrected chi connectivity index (χ1v) is 12.1. The van der Waals surface area contributed by atoms with Gasteiger partial charge in [0, 0.05) is 44.7 Å². The van der Waals surface area contributed by atoms with E-state index in [0.717, 1.165) is 18.5 Å². The van der Waals surface area contributed by atoms with E-state index < -0.39 is 10.0 Å². The Kier molecular flexibility index (Phi) is 6.38. The third-order valence-corrected chi connectivity index (χ3v) is 7.73. The van der Waals surface area contributed by atoms with Gasteiger partial charge in [-0.25, -0.2) is 8.42 Å². The van der Waals surface area contributed by atoms with Crippen LogP contribution in [0.4, 0.5) is 0 Å². The molecule has 2 heterocycles. The highest BCUT2D eigenvalue weighted by Gasteiger charge is 2.28. The zero-order chi connectivity index (χ0) is 21.8. The Balaban J connectivity index is 1.38. The summed E-state index contributed by atoms with van der Waals surface area (Å²) in [7, 11) is -3.69. The molecule has 0 atom stereocenters. The zero-order valence-electron chi connectivity index (χ0n) is 17.4. The van der Waals surface area contributed by atoms with Crippen molar-refractivity contribution in [1.29, 1.82) is 0 Å². The Morgan fingerprint density at radius 2 is 1.81 bits per heavy atom. The monoisotopic (exact) mass is 441 g/mol. The van der Waals surface area contributed by atoms with E-state index in [-0.39, 0.29) is 16.7 Å². The minimum Gasteiger partial charge on any atom is -0.352 e. The lowest BCUT2D eigenvalue weighted by molar-refractivity contribution is -0.127. The first-order valence-electron chi connectivity index (χ1n) is 10.7. The van der Waals surface area contributed by atoms with E-state index >= 15 is 0 Å². The summed E-state index contributed by atoms with van der Waals surface area (Å²) in [4.78, 5) is 26.1. The number of amides is 2. The molecule has 164 valence electrons. The molecular formula is C23H27N3O4S. The summed E-state index contributed by atoms with van der Waals surface area (Å²) in [5, 5.41) is 2.82. The minimum absolute atomic E-state index is 0.127. The Labute approximate surface area is 183 Å². The molecule has 8 heteroatoms. The largest absolute Gasteiger partial charge is 0.352 e. The van der Waals surface area contributed by atoms with Gasteiger partial charge in [-0.05, 0) is 48.6 Å². The maximum Gasteiger partial charge on any atom is 0.251 e. The van der Waals surface area contributed by atoms with Crippen molar-refractivity contribution in [3.8, 4) is 0 Å². The molecule has 0 spiro atoms. The third-order valence-electron chi connectivity index (χ3n) is 5.89. The van der Waals surface area contributed by atoms with Crippen LogP contribution in [0.2, 0.25) is 0 Å². The van der Waals surface area contributed by atoms with Crippen LogP contribution in [0.3, 0.4) is 0 Å². The molecule has 1 fully saturated rings. The van der Waals surface area contributed by atoms with E-state index in [2.05, 4.69) is 5.32 Å². The average molecular weight is 442 g/mol. The molecule has 2 aromatic carbocycles. The fourth-order valence-electron chi connectivity index (χ4n) is 4.14. The average Bonchev–Trinajstić information content (AvgIpc) is 3.21. The summed E-state index contributed by atoms with van der Waals surface area (Å²) >= 11 is 0. The lowest BCUT2D eigenvalue weighted by atomic mass is 10.0. The number of fused-ring (bicyclic) bond motifs is 1. The van der Waals surface area contributed by atoms with Crippen molar-refractivity contribution in [3.63, 3.8) is 0 Å². The number of rotatable bonds is 7. The second kappa shape index (κ2) is 9.20. The first-order chi connectivity index (χ1) is 14.9. The van der Waals surface area contributed by atoms with Crippen LogP contribution in [0, 0.1) is 0 Å². The van der Waals surface area contributed by atoms with E-state index in [1.54, 1.807) is 12.1 Å². The van der Waals surface area contributed by atoms with Crippen molar-refractivity contribution < 1.29 is 18.0 Å². The Morgan fingerprint density at radius 3 is 2.58 bits per heavy atom. The third kappa shape index (κ3) is 4.80. The van der Waals surface area contributed by atoms with Gasteiger partial charge >= 0.3 is 0 Å². The van der Waals surface area contributed by atoms with Gasteiger partial charge < -0.3 is 10.2 Å². The molecule has 2 aliphatic rings. The molecule has 7 nitrogen and oxygen atoms in total. The van der Waals surface area contributed by atoms with Crippen LogP contribution < -0.4 is 5.32 Å². The van der Waals surface area contributed by atoms with Crippen molar-refractivity contribution in [1.82, 2.24) is 14.5 Å². The van der Waals surface area contributed by atoms with Crippen LogP contribution in [0.25, 0.3) is 0 Å². The number of benzene rings is 2. The van der Waals surface area contributed by atoms with Crippen LogP contribution in [-0.2, 0) is 27.8 Å². The quantitative estimate of drug-likeness (QED) is 0.668. The van der Waals surface area contributed by atoms with Gasteiger partial charge in [0.05, 0.1) is 4.90 Å². The summed E-state index contributed by atoms with van der Waals surface area (Å²) in [6.07, 6.45) is 2.85. The standard InChI is InChI=1S/C23H27N3O4S/c27-22-10-4-13-25(22)14-5-12-24-23(28)19-8-3-9-21(16-19)31(29,30)26-15-11-18-6-1-2-7-20(18)17-26/h1-3,6-9,16H,4-5,10-15,17H2,(H,24,28). The van der Waals surface area contributed by atoms with Crippen LogP contribution in [0.1, 0.15) is 40.7 Å². The minimum atomic E-state index is -3.69. The Bertz CT molecular complexity index is 1080. The van der Waals surface area contributed by atoms with Crippen LogP contribution >= 0.6 is 0 Å². The number of carbonyl (C=O) groups is 2. The van der Waals surface area contributed by atoms with Gasteiger partial charge in [-0.2, -0.15) is 4.31 Å². The summed E-state index contributed by atoms with van der Waals surface area (Å²) in [5.41, 5.74) is 2.51. The predicted octanol–water partition coefficient (Wildman–Crippen LogP) is 2.18. The SMILES string of the molecule is O=C(NCCCN1CCCC1=O)c1cccc(S(=O)(=O)N2CCc3ccccc3C2)c1. The van der Waals surface area contributed by atoms with Crippen LogP contribution in [0.5, 0.6) is 0 Å². The van der Waals surface area contributed by atoms with E-state index in [1.807, 2.05) is 29.2 Å². The lowest BCUT2D eigenvalue weighted by Gasteiger charge is -2.28. The number of nitrogens with zero attached hydrogens (tertiary/aromatic N) is 2. The molecule has 0 bridgehead atoms. The Hall–Kier alpha value is -2.71. The van der Waals surface area contributed by atoms with Gasteiger partial charge in [-0.1, -0.05) is 30.3 Å². The molecule has 2 amide bonds. The summed E-state index contributed by atoms with van der Waals surface area (Å²) in [6, 6.07) is 14.1. The first kappa shape index (κ1) is 21.5. The Morgan fingerprint density at radius 1 is 1.00 bits per heavy atom. The second-order valence-electron chi connectivity index (χ2n) is 7.98. The second-order valence-corrected chi connectivity index (χ2v) is 9.92. The molecule has 4 rings (SSSR count). The van der Waals surface area contributed by atoms with E-state index in [9.17, 15) is 18.0 Å². The zero-order valence-corrected chi connectivity index (χ0v) is 18.2. The van der Waals surface area contributed by atoms with Crippen molar-refractivity contribution in [3.05, 3.63) is 65.2 Å². The number of nitrogens with one attached hydrogen (secondary N) is 1. The molecule has 0 unspecified atom stereocenters. The summed E-state index contributed by atoms with van der Waals surface area (Å²) in [5.74, 6) is -0.140. The van der Waals surface area contributed by atoms with E-state index in [0.29, 0.717) is 51.0 Å². The molecule has 0 saturated carbocycles. The van der Waals surface area contributed by atoms with Crippen LogP contribution in [-0.4, -0.2) is 55.6 Å². The van der Waals surface area contributed by atoms with Gasteiger partial charge in [-0.15, -0.1) is 0 Å². The topological polar surface area (TPSA) is 86.8 Å². The molecule has 2 aromatic rings. The molecule has 0 aromatic heterocycles. The molecule has 31 heavy (non-hydrogen) atoms. The number of carbonyl (C=O) groups excluding carboxylic acids is 2. The van der Waals surface area contributed by atoms with E-state index in [1.165, 1.54) is 22.0 Å². The maximum absolute atomic E-state index is 13.2. The molecular weight excluding hydrogens is 414 g/mol. The number of likely N-dealkylation sites (tertiary alicyclic amines) is 1. The van der Waals surface area contributed by atoms with Gasteiger partial charge in [0.1, 0.15) is 0 Å². The maximum atomic E-state index is 13.2. The number of sulfonamides is 1. The van der Waals surface area contributed by atoms with Crippen LogP contribution in [0.15, 0.2) is 53.4 Å². The van der Waals surface area contributed by atoms with Gasteiger partial charge in [0.25, 0.3) is 5.91 Å². The smallest absolute Gasteiger partial charge is 0.251 e. The fourth-order valence-corrected chi connectivity index (χ4v) is 5.60. The summed E-state index contributed by atoms with van der Waals surface area (Å²) in [6.45, 7) is 2.61. The predicted molar refractivity (Wildman–Crippen MR) is 117 cm³/mol. The normalized spacial score (nSPS) is 16.9. The molecule has 2 aliphatic heterocycles. The molecule has 0 radical (unpaired) electrons. The fraction of sp³-hybridized carbons (Fsp3) is 0.391. The summed E-state index contributed by atoms with van der Waals surface area (Å²) < 4.78 is 27.8. The highest BCUT2D eigenvalue weighted by atomic mass is 32.2. The van der Waals surface area contributed by atoms with Crippen molar-refractivity contribution in [2.75, 3.05) is 26.2 Å². The van der Waals surface area contributed by atoms with Gasteiger partial charge in [0.2, 0.25) is 15.9 Å². The molecule has 1 N–H and O–H groups in total. The number of hydrogen-bond acceptors (Lipinski definition) is 4. The highest BCUT2D eigenvalue weighted by Crippen LogP contribution is 2.25. The highest BCUT2D eigenvalue weighted by molar-refractivity contribution is 7.89. The van der Waals surface area contributed by atoms with E-state index in [4.69, 9.17) is 0 Å². The molecule has 0 aliphatic carbocycles. The lowest BCUT2D eigenvalue weighted by Crippen LogP contribution is -2.36.